The van der Waals surface area contributed by atoms with Gasteiger partial charge in [0.25, 0.3) is 0 Å². The second kappa shape index (κ2) is 14.4. The van der Waals surface area contributed by atoms with Gasteiger partial charge in [-0.2, -0.15) is 0 Å². The van der Waals surface area contributed by atoms with Gasteiger partial charge in [0.1, 0.15) is 48.3 Å². The Balaban J connectivity index is 1.14. The summed E-state index contributed by atoms with van der Waals surface area (Å²) in [6.45, 7) is 0.376. The fourth-order valence-electron chi connectivity index (χ4n) is 7.01. The number of ether oxygens (including phenoxy) is 9. The average Bonchev–Trinajstić information content (AvgIpc) is 3.78. The van der Waals surface area contributed by atoms with Gasteiger partial charge in [0.15, 0.2) is 30.2 Å². The SMILES string of the molecule is COc1ccc(/C=C/C(=O)O[C@@H]2[C@@H](O)[C@H](C)O[C@@H](OC3C4C=COC(O[C@@H]5O[C@H](CO)[C@@H](O)[C@H](O)[C@H]5O)C4C4(CO)OC34)[C@@H]2O)cc1OC. The lowest BCUT2D eigenvalue weighted by molar-refractivity contribution is -0.347. The fraction of sp³-hybridized carbons (Fsp3) is 0.656. The van der Waals surface area contributed by atoms with E-state index < -0.39 is 117 Å². The van der Waals surface area contributed by atoms with E-state index in [2.05, 4.69) is 0 Å². The molecule has 1 aromatic carbocycles. The van der Waals surface area contributed by atoms with E-state index in [0.29, 0.717) is 17.1 Å². The fourth-order valence-corrected chi connectivity index (χ4v) is 7.01. The lowest BCUT2D eigenvalue weighted by atomic mass is 9.85. The first-order valence-electron chi connectivity index (χ1n) is 15.8. The van der Waals surface area contributed by atoms with E-state index in [1.807, 2.05) is 0 Å². The second-order valence-corrected chi connectivity index (χ2v) is 12.6. The molecule has 7 N–H and O–H groups in total. The zero-order chi connectivity index (χ0) is 35.2. The van der Waals surface area contributed by atoms with E-state index in [4.69, 9.17) is 42.6 Å². The highest BCUT2D eigenvalue weighted by molar-refractivity contribution is 5.87. The van der Waals surface area contributed by atoms with Crippen LogP contribution in [0.4, 0.5) is 0 Å². The molecular weight excluding hydrogens is 656 g/mol. The summed E-state index contributed by atoms with van der Waals surface area (Å²) in [5.74, 6) is -1.23. The molecule has 4 heterocycles. The van der Waals surface area contributed by atoms with Gasteiger partial charge in [-0.25, -0.2) is 4.79 Å². The number of hydrogen-bond acceptors (Lipinski definition) is 17. The van der Waals surface area contributed by atoms with Crippen molar-refractivity contribution in [2.45, 2.75) is 92.4 Å². The first kappa shape index (κ1) is 35.9. The molecule has 1 aromatic rings. The molecule has 4 aliphatic heterocycles. The molecule has 17 heteroatoms. The van der Waals surface area contributed by atoms with Crippen molar-refractivity contribution in [3.63, 3.8) is 0 Å². The highest BCUT2D eigenvalue weighted by Gasteiger charge is 2.77. The summed E-state index contributed by atoms with van der Waals surface area (Å²) >= 11 is 0. The first-order valence-corrected chi connectivity index (χ1v) is 15.8. The number of aliphatic hydroxyl groups excluding tert-OH is 7. The van der Waals surface area contributed by atoms with E-state index >= 15 is 0 Å². The summed E-state index contributed by atoms with van der Waals surface area (Å²) in [4.78, 5) is 12.8. The number of carbonyl (C=O) groups is 1. The largest absolute Gasteiger partial charge is 0.493 e. The molecular formula is C32H42O17. The summed E-state index contributed by atoms with van der Waals surface area (Å²) in [5.41, 5.74) is -0.632. The number of benzene rings is 1. The number of carbonyl (C=O) groups excluding carboxylic acids is 1. The molecule has 6 rings (SSSR count). The van der Waals surface area contributed by atoms with Crippen molar-refractivity contribution >= 4 is 12.0 Å². The molecule has 0 radical (unpaired) electrons. The Hall–Kier alpha value is -2.91. The highest BCUT2D eigenvalue weighted by Crippen LogP contribution is 2.61. The van der Waals surface area contributed by atoms with Gasteiger partial charge in [-0.1, -0.05) is 6.07 Å². The summed E-state index contributed by atoms with van der Waals surface area (Å²) in [6, 6.07) is 5.01. The molecule has 6 unspecified atom stereocenters. The number of hydrogen-bond donors (Lipinski definition) is 7. The monoisotopic (exact) mass is 698 g/mol. The molecule has 16 atom stereocenters. The smallest absolute Gasteiger partial charge is 0.331 e. The molecule has 1 saturated carbocycles. The lowest BCUT2D eigenvalue weighted by Crippen LogP contribution is -2.60. The van der Waals surface area contributed by atoms with E-state index in [9.17, 15) is 40.5 Å². The molecule has 3 saturated heterocycles. The quantitative estimate of drug-likeness (QED) is 0.0720. The van der Waals surface area contributed by atoms with Crippen LogP contribution in [0.25, 0.3) is 6.08 Å². The van der Waals surface area contributed by atoms with Crippen molar-refractivity contribution in [1.82, 2.24) is 0 Å². The van der Waals surface area contributed by atoms with Gasteiger partial charge in [-0.3, -0.25) is 0 Å². The van der Waals surface area contributed by atoms with Crippen LogP contribution in [0.15, 0.2) is 36.6 Å². The van der Waals surface area contributed by atoms with Gasteiger partial charge in [-0.05, 0) is 36.8 Å². The third kappa shape index (κ3) is 6.55. The topological polar surface area (TPSA) is 245 Å². The third-order valence-corrected chi connectivity index (χ3v) is 9.74. The summed E-state index contributed by atoms with van der Waals surface area (Å²) in [7, 11) is 2.98. The number of fused-ring (bicyclic) bond motifs is 3. The van der Waals surface area contributed by atoms with Crippen molar-refractivity contribution in [2.24, 2.45) is 11.8 Å². The normalized spacial score (nSPS) is 44.2. The molecule has 5 aliphatic rings. The predicted molar refractivity (Wildman–Crippen MR) is 160 cm³/mol. The zero-order valence-electron chi connectivity index (χ0n) is 26.8. The zero-order valence-corrected chi connectivity index (χ0v) is 26.8. The molecule has 49 heavy (non-hydrogen) atoms. The minimum atomic E-state index is -1.70. The summed E-state index contributed by atoms with van der Waals surface area (Å²) in [6.07, 6.45) is -11.8. The molecule has 0 amide bonds. The Kier molecular flexibility index (Phi) is 10.5. The molecule has 0 spiro atoms. The van der Waals surface area contributed by atoms with Crippen LogP contribution in [0, 0.1) is 11.8 Å². The van der Waals surface area contributed by atoms with Crippen LogP contribution in [0.2, 0.25) is 0 Å². The minimum absolute atomic E-state index is 0.451. The molecule has 1 aliphatic carbocycles. The molecule has 17 nitrogen and oxygen atoms in total. The number of epoxide rings is 1. The predicted octanol–water partition coefficient (Wildman–Crippen LogP) is -2.46. The Bertz CT molecular complexity index is 1390. The third-order valence-electron chi connectivity index (χ3n) is 9.74. The van der Waals surface area contributed by atoms with E-state index in [1.165, 1.54) is 33.5 Å². The van der Waals surface area contributed by atoms with Gasteiger partial charge in [0.2, 0.25) is 6.29 Å². The molecule has 272 valence electrons. The molecule has 0 bridgehead atoms. The van der Waals surface area contributed by atoms with Crippen LogP contribution in [0.1, 0.15) is 12.5 Å². The second-order valence-electron chi connectivity index (χ2n) is 12.6. The molecule has 0 aromatic heterocycles. The van der Waals surface area contributed by atoms with Crippen molar-refractivity contribution in [1.29, 1.82) is 0 Å². The van der Waals surface area contributed by atoms with E-state index in [1.54, 1.807) is 24.3 Å². The van der Waals surface area contributed by atoms with Crippen LogP contribution < -0.4 is 9.47 Å². The number of rotatable bonds is 11. The Morgan fingerprint density at radius 1 is 0.878 bits per heavy atom. The maximum atomic E-state index is 12.8. The van der Waals surface area contributed by atoms with Crippen molar-refractivity contribution < 1.29 is 83.2 Å². The van der Waals surface area contributed by atoms with Gasteiger partial charge in [0.05, 0.1) is 51.8 Å². The molecule has 4 fully saturated rings. The van der Waals surface area contributed by atoms with E-state index in [-0.39, 0.29) is 0 Å². The van der Waals surface area contributed by atoms with Crippen LogP contribution in [0.3, 0.4) is 0 Å². The van der Waals surface area contributed by atoms with Gasteiger partial charge >= 0.3 is 5.97 Å². The Morgan fingerprint density at radius 2 is 1.61 bits per heavy atom. The van der Waals surface area contributed by atoms with Gasteiger partial charge in [0, 0.05) is 12.0 Å². The number of aliphatic hydroxyl groups is 7. The minimum Gasteiger partial charge on any atom is -0.493 e. The number of methoxy groups -OCH3 is 2. The van der Waals surface area contributed by atoms with Crippen LogP contribution in [0.5, 0.6) is 11.5 Å². The van der Waals surface area contributed by atoms with Crippen LogP contribution in [-0.4, -0.2) is 155 Å². The average molecular weight is 699 g/mol. The maximum absolute atomic E-state index is 12.8. The van der Waals surface area contributed by atoms with Gasteiger partial charge < -0.3 is 78.4 Å². The Morgan fingerprint density at radius 3 is 2.31 bits per heavy atom. The van der Waals surface area contributed by atoms with Crippen molar-refractivity contribution in [2.75, 3.05) is 27.4 Å². The highest BCUT2D eigenvalue weighted by atomic mass is 16.8. The maximum Gasteiger partial charge on any atom is 0.331 e. The van der Waals surface area contributed by atoms with Crippen molar-refractivity contribution in [3.05, 3.63) is 42.2 Å². The van der Waals surface area contributed by atoms with Gasteiger partial charge in [-0.15, -0.1) is 0 Å². The summed E-state index contributed by atoms with van der Waals surface area (Å²) < 4.78 is 51.0. The lowest BCUT2D eigenvalue weighted by Gasteiger charge is -2.44. The summed E-state index contributed by atoms with van der Waals surface area (Å²) in [5, 5.41) is 72.9. The van der Waals surface area contributed by atoms with E-state index in [0.717, 1.165) is 6.08 Å². The van der Waals surface area contributed by atoms with Crippen LogP contribution in [-0.2, 0) is 38.0 Å². The first-order chi connectivity index (χ1) is 23.5. The standard InChI is InChI=1S/C32H42O17/c1-13-21(36)27(46-19(35)7-5-14-4-6-16(41-2)17(10-14)42-3)25(40)31(44-13)47-26-15-8-9-43-29(20(15)32(12-34)28(26)49-32)48-30-24(39)23(38)22(37)18(11-33)45-30/h4-10,13,15,18,20-31,33-34,36-40H,11-12H2,1-3H3/b7-5+/t13-,15?,18+,20?,21-,22+,23-,24+,25+,26?,27+,28?,29?,30-,31-,32?/m0/s1. The number of esters is 1. The van der Waals surface area contributed by atoms with Crippen molar-refractivity contribution in [3.8, 4) is 11.5 Å². The Labute approximate surface area is 280 Å². The van der Waals surface area contributed by atoms with Crippen LogP contribution >= 0.6 is 0 Å².